The average molecular weight is 409 g/mol. The van der Waals surface area contributed by atoms with Gasteiger partial charge >= 0.3 is 11.5 Å². The maximum Gasteiger partial charge on any atom is 0.364 e. The molecule has 0 unspecified atom stereocenters. The van der Waals surface area contributed by atoms with Crippen LogP contribution in [0.25, 0.3) is 22.9 Å². The summed E-state index contributed by atoms with van der Waals surface area (Å²) in [6.45, 7) is 2.11. The van der Waals surface area contributed by atoms with Gasteiger partial charge in [-0.05, 0) is 35.9 Å². The molecule has 4 rings (SSSR count). The molecule has 0 spiro atoms. The predicted molar refractivity (Wildman–Crippen MR) is 86.8 cm³/mol. The summed E-state index contributed by atoms with van der Waals surface area (Å²) in [5, 5.41) is 1.90. The van der Waals surface area contributed by atoms with Crippen molar-refractivity contribution in [2.45, 2.75) is 6.92 Å². The van der Waals surface area contributed by atoms with Gasteiger partial charge in [-0.2, -0.15) is 0 Å². The van der Waals surface area contributed by atoms with E-state index in [4.69, 9.17) is 32.5 Å². The fourth-order valence-electron chi connectivity index (χ4n) is 2.70. The zero-order valence-corrected chi connectivity index (χ0v) is 15.3. The van der Waals surface area contributed by atoms with Gasteiger partial charge in [-0.3, -0.25) is 0 Å². The molecule has 0 atom stereocenters. The number of aryl methyl sites for hydroxylation is 1. The average Bonchev–Trinajstić information content (AvgIpc) is 3.08. The molecule has 2 heterocycles. The summed E-state index contributed by atoms with van der Waals surface area (Å²) >= 11 is 0. The lowest BCUT2D eigenvalue weighted by atomic mass is 10.1. The van der Waals surface area contributed by atoms with Gasteiger partial charge in [-0.1, -0.05) is 12.1 Å². The summed E-state index contributed by atoms with van der Waals surface area (Å²) < 4.78 is 63.9. The van der Waals surface area contributed by atoms with Gasteiger partial charge in [-0.25, -0.2) is 27.4 Å². The number of ether oxygens (including phenoxy) is 2. The minimum atomic E-state index is -4.94. The fourth-order valence-corrected chi connectivity index (χ4v) is 2.70. The smallest absolute Gasteiger partial charge is 0.364 e. The lowest BCUT2D eigenvalue weighted by molar-refractivity contribution is -2.00. The quantitative estimate of drug-likeness (QED) is 0.559. The Bertz CT molecular complexity index is 1010. The molecule has 0 N–H and O–H groups in total. The van der Waals surface area contributed by atoms with Gasteiger partial charge in [0.05, 0.1) is 6.92 Å². The molecule has 0 saturated heterocycles. The minimum absolute atomic E-state index is 0.212. The molecule has 0 fully saturated rings. The van der Waals surface area contributed by atoms with Gasteiger partial charge < -0.3 is 9.47 Å². The van der Waals surface area contributed by atoms with Crippen LogP contribution in [0.4, 0.5) is 4.39 Å². The molecule has 146 valence electrons. The van der Waals surface area contributed by atoms with E-state index < -0.39 is 10.2 Å². The van der Waals surface area contributed by atoms with Gasteiger partial charge in [0.2, 0.25) is 6.79 Å². The topological polar surface area (TPSA) is 122 Å². The van der Waals surface area contributed by atoms with Crippen LogP contribution in [-0.4, -0.2) is 6.79 Å². The Morgan fingerprint density at radius 3 is 2.36 bits per heavy atom. The van der Waals surface area contributed by atoms with Crippen LogP contribution in [-0.2, 0) is 0 Å². The SMILES string of the molecule is Cc1cc2ccc3c(c2c(/C=C/c2ccc(F)cc2)[o+]1)OCO3.[O-][Cl+3]([O-])([O-])[O-]. The highest BCUT2D eigenvalue weighted by molar-refractivity contribution is 5.97. The first-order valence-electron chi connectivity index (χ1n) is 7.92. The molecule has 0 saturated carbocycles. The Balaban J connectivity index is 0.000000403. The molecular formula is C19H14ClFO7. The highest BCUT2D eigenvalue weighted by Gasteiger charge is 2.25. The summed E-state index contributed by atoms with van der Waals surface area (Å²) in [6.07, 6.45) is 3.75. The molecule has 7 nitrogen and oxygen atoms in total. The first-order chi connectivity index (χ1) is 13.2. The molecule has 28 heavy (non-hydrogen) atoms. The largest absolute Gasteiger partial charge is 0.454 e. The zero-order chi connectivity index (χ0) is 20.3. The van der Waals surface area contributed by atoms with Crippen LogP contribution in [0, 0.1) is 23.0 Å². The Morgan fingerprint density at radius 1 is 1.00 bits per heavy atom. The molecule has 1 aliphatic heterocycles. The minimum Gasteiger partial charge on any atom is -0.454 e. The summed E-state index contributed by atoms with van der Waals surface area (Å²) in [7, 11) is -4.94. The van der Waals surface area contributed by atoms with E-state index in [2.05, 4.69) is 0 Å². The third kappa shape index (κ3) is 5.16. The van der Waals surface area contributed by atoms with Crippen molar-refractivity contribution in [3.05, 3.63) is 65.4 Å². The first kappa shape index (κ1) is 20.0. The highest BCUT2D eigenvalue weighted by Crippen LogP contribution is 2.41. The normalized spacial score (nSPS) is 12.9. The van der Waals surface area contributed by atoms with Crippen molar-refractivity contribution in [1.82, 2.24) is 0 Å². The summed E-state index contributed by atoms with van der Waals surface area (Å²) in [6, 6.07) is 12.1. The van der Waals surface area contributed by atoms with E-state index in [1.165, 1.54) is 12.1 Å². The summed E-state index contributed by atoms with van der Waals surface area (Å²) in [5.41, 5.74) is 0.890. The van der Waals surface area contributed by atoms with Crippen molar-refractivity contribution in [3.8, 4) is 11.5 Å². The third-order valence-corrected chi connectivity index (χ3v) is 3.74. The van der Waals surface area contributed by atoms with E-state index in [1.807, 2.05) is 37.3 Å². The number of halogens is 2. The molecule has 0 bridgehead atoms. The van der Waals surface area contributed by atoms with Crippen LogP contribution >= 0.6 is 0 Å². The summed E-state index contributed by atoms with van der Waals surface area (Å²) in [4.78, 5) is 0. The van der Waals surface area contributed by atoms with Crippen molar-refractivity contribution in [3.63, 3.8) is 0 Å². The van der Waals surface area contributed by atoms with Gasteiger partial charge in [0, 0.05) is 17.5 Å². The van der Waals surface area contributed by atoms with Crippen LogP contribution in [0.5, 0.6) is 11.5 Å². The second-order valence-corrected chi connectivity index (χ2v) is 6.50. The van der Waals surface area contributed by atoms with Crippen molar-refractivity contribution >= 4 is 22.9 Å². The van der Waals surface area contributed by atoms with E-state index in [0.717, 1.165) is 22.1 Å². The molecular weight excluding hydrogens is 395 g/mol. The maximum atomic E-state index is 13.0. The third-order valence-electron chi connectivity index (χ3n) is 3.74. The molecule has 0 radical (unpaired) electrons. The summed E-state index contributed by atoms with van der Waals surface area (Å²) in [5.74, 6) is 2.65. The molecule has 2 aromatic carbocycles. The Kier molecular flexibility index (Phi) is 5.78. The van der Waals surface area contributed by atoms with Gasteiger partial charge in [-0.15, -0.1) is 10.2 Å². The first-order valence-corrected chi connectivity index (χ1v) is 9.15. The van der Waals surface area contributed by atoms with Crippen LogP contribution < -0.4 is 28.1 Å². The molecule has 0 amide bonds. The van der Waals surface area contributed by atoms with Gasteiger partial charge in [0.1, 0.15) is 11.2 Å². The zero-order valence-electron chi connectivity index (χ0n) is 14.5. The van der Waals surface area contributed by atoms with Crippen LogP contribution in [0.2, 0.25) is 0 Å². The maximum absolute atomic E-state index is 13.0. The van der Waals surface area contributed by atoms with E-state index >= 15 is 0 Å². The monoisotopic (exact) mass is 408 g/mol. The standard InChI is InChI=1S/C19H14FO3.ClHO4/c1-12-10-14-5-9-17-19(22-11-21-17)18(14)16(23-12)8-4-13-2-6-15(20)7-3-13;2-1(3,4)5/h2-10H,11H2,1H3;(H,2,3,4,5)/q+1;/p-1/b8-4+;. The molecule has 0 aliphatic carbocycles. The van der Waals surface area contributed by atoms with Gasteiger partial charge in [0.15, 0.2) is 11.5 Å². The predicted octanol–water partition coefficient (Wildman–Crippen LogP) is 0.305. The van der Waals surface area contributed by atoms with Crippen molar-refractivity contribution < 1.29 is 47.2 Å². The highest BCUT2D eigenvalue weighted by atomic mass is 35.7. The van der Waals surface area contributed by atoms with Crippen LogP contribution in [0.3, 0.4) is 0 Å². The van der Waals surface area contributed by atoms with E-state index in [0.29, 0.717) is 17.3 Å². The number of fused-ring (bicyclic) bond motifs is 3. The lowest BCUT2D eigenvalue weighted by Crippen LogP contribution is -2.68. The molecule has 3 aromatic rings. The van der Waals surface area contributed by atoms with Crippen molar-refractivity contribution in [2.75, 3.05) is 6.79 Å². The van der Waals surface area contributed by atoms with E-state index in [1.54, 1.807) is 12.1 Å². The number of rotatable bonds is 2. The molecule has 1 aromatic heterocycles. The van der Waals surface area contributed by atoms with Crippen LogP contribution in [0.15, 0.2) is 46.9 Å². The second-order valence-electron chi connectivity index (χ2n) is 5.75. The van der Waals surface area contributed by atoms with E-state index in [-0.39, 0.29) is 12.6 Å². The Morgan fingerprint density at radius 2 is 1.68 bits per heavy atom. The number of benzene rings is 2. The second kappa shape index (κ2) is 8.09. The van der Waals surface area contributed by atoms with Gasteiger partial charge in [0.25, 0.3) is 0 Å². The Hall–Kier alpha value is -2.75. The number of hydrogen-bond donors (Lipinski definition) is 0. The number of hydrogen-bond acceptors (Lipinski definition) is 6. The molecule has 9 heteroatoms. The Labute approximate surface area is 161 Å². The van der Waals surface area contributed by atoms with Crippen molar-refractivity contribution in [2.24, 2.45) is 0 Å². The van der Waals surface area contributed by atoms with E-state index in [9.17, 15) is 4.39 Å². The van der Waals surface area contributed by atoms with Crippen LogP contribution in [0.1, 0.15) is 17.1 Å². The fraction of sp³-hybridized carbons (Fsp3) is 0.105. The molecule has 1 aliphatic rings. The lowest BCUT2D eigenvalue weighted by Gasteiger charge is -2.17. The van der Waals surface area contributed by atoms with Crippen molar-refractivity contribution in [1.29, 1.82) is 0 Å².